The first-order valence-corrected chi connectivity index (χ1v) is 29.4. The fourth-order valence-corrected chi connectivity index (χ4v) is 9.45. The summed E-state index contributed by atoms with van der Waals surface area (Å²) in [5.74, 6) is 1.48. The van der Waals surface area contributed by atoms with Crippen LogP contribution in [0.15, 0.2) is 83.3 Å². The number of rotatable bonds is 25. The van der Waals surface area contributed by atoms with E-state index < -0.39 is 6.04 Å². The van der Waals surface area contributed by atoms with Gasteiger partial charge in [-0.2, -0.15) is 0 Å². The maximum absolute atomic E-state index is 13.0. The molecule has 8 N–H and O–H groups in total. The number of nitrogens with one attached hydrogen (secondary N) is 3. The van der Waals surface area contributed by atoms with Crippen LogP contribution < -0.4 is 26.8 Å². The van der Waals surface area contributed by atoms with E-state index in [1.807, 2.05) is 107 Å². The monoisotopic (exact) mass is 1210 g/mol. The smallest absolute Gasteiger partial charge is 0.237 e. The van der Waals surface area contributed by atoms with Gasteiger partial charge in [-0.3, -0.25) is 18.9 Å². The highest BCUT2D eigenvalue weighted by Crippen LogP contribution is 2.33. The molecule has 3 aromatic carbocycles. The van der Waals surface area contributed by atoms with Crippen molar-refractivity contribution in [3.63, 3.8) is 0 Å². The number of fused-ring (bicyclic) bond motifs is 1. The third-order valence-electron chi connectivity index (χ3n) is 13.2. The Morgan fingerprint density at radius 2 is 1.53 bits per heavy atom. The molecule has 2 aliphatic heterocycles. The number of aliphatic hydroxyl groups is 1. The van der Waals surface area contributed by atoms with Gasteiger partial charge >= 0.3 is 0 Å². The van der Waals surface area contributed by atoms with E-state index in [1.54, 1.807) is 11.3 Å². The number of aliphatic hydroxyl groups excluding tert-OH is 1. The average Bonchev–Trinajstić information content (AvgIpc) is 3.52. The van der Waals surface area contributed by atoms with Gasteiger partial charge < -0.3 is 75.4 Å². The van der Waals surface area contributed by atoms with Crippen LogP contribution in [0.1, 0.15) is 102 Å². The number of piperidine rings is 1. The molecule has 2 aliphatic rings. The minimum atomic E-state index is -0.439. The van der Waals surface area contributed by atoms with Gasteiger partial charge in [0.15, 0.2) is 5.76 Å². The SMILES string of the molecule is C=C(N)c1ccc2noc(-c3cccc(OC4CCN(C)CC4)c3)c2c1.C=N.C=O.CC.CC(C)(C)C(C=O)CCN.CF.CO.Cc1ncsc1-c1ccc(C(CC(=O)NCCOCCOCCOCCC=O)NC(=O)C2CCCN2C)cc1. The van der Waals surface area contributed by atoms with Gasteiger partial charge in [0.1, 0.15) is 36.7 Å². The van der Waals surface area contributed by atoms with Gasteiger partial charge in [0.05, 0.1) is 86.8 Å². The van der Waals surface area contributed by atoms with E-state index in [0.29, 0.717) is 72.0 Å². The Kier molecular flexibility index (Phi) is 43.0. The fourth-order valence-electron chi connectivity index (χ4n) is 8.64. The highest BCUT2D eigenvalue weighted by molar-refractivity contribution is 7.13. The molecule has 3 unspecified atom stereocenters. The number of benzene rings is 3. The van der Waals surface area contributed by atoms with Crippen molar-refractivity contribution in [3.8, 4) is 27.5 Å². The molecular formula is C63H98FN9O11S. The predicted octanol–water partition coefficient (Wildman–Crippen LogP) is 8.91. The normalized spacial score (nSPS) is 14.4. The second-order valence-electron chi connectivity index (χ2n) is 20.0. The molecule has 2 aromatic heterocycles. The second kappa shape index (κ2) is 46.6. The van der Waals surface area contributed by atoms with Gasteiger partial charge in [-0.25, -0.2) is 4.98 Å². The maximum atomic E-state index is 13.0. The van der Waals surface area contributed by atoms with Gasteiger partial charge in [-0.15, -0.1) is 11.3 Å². The average molecular weight is 1210 g/mol. The molecule has 474 valence electrons. The molecule has 2 amide bonds. The number of carbonyl (C=O) groups excluding carboxylic acids is 5. The lowest BCUT2D eigenvalue weighted by Gasteiger charge is -2.29. The second-order valence-corrected chi connectivity index (χ2v) is 20.9. The van der Waals surface area contributed by atoms with Crippen LogP contribution in [0.2, 0.25) is 0 Å². The highest BCUT2D eigenvalue weighted by atomic mass is 32.1. The Morgan fingerprint density at radius 3 is 2.06 bits per heavy atom. The Morgan fingerprint density at radius 1 is 0.906 bits per heavy atom. The van der Waals surface area contributed by atoms with Gasteiger partial charge in [-0.05, 0) is 119 Å². The number of alkyl halides is 1. The van der Waals surface area contributed by atoms with Crippen molar-refractivity contribution in [3.05, 3.63) is 95.6 Å². The van der Waals surface area contributed by atoms with E-state index in [-0.39, 0.29) is 41.7 Å². The molecule has 0 aliphatic carbocycles. The number of hydrogen-bond acceptors (Lipinski definition) is 19. The molecule has 0 spiro atoms. The van der Waals surface area contributed by atoms with Crippen LogP contribution >= 0.6 is 11.3 Å². The van der Waals surface area contributed by atoms with Gasteiger partial charge in [0.2, 0.25) is 11.8 Å². The number of nitrogens with zero attached hydrogens (tertiary/aromatic N) is 4. The summed E-state index contributed by atoms with van der Waals surface area (Å²) in [6.07, 6.45) is 7.32. The lowest BCUT2D eigenvalue weighted by molar-refractivity contribution is -0.126. The molecule has 5 aromatic rings. The summed E-state index contributed by atoms with van der Waals surface area (Å²) < 4.78 is 37.4. The molecule has 20 nitrogen and oxygen atoms in total. The van der Waals surface area contributed by atoms with Crippen molar-refractivity contribution < 1.29 is 56.9 Å². The van der Waals surface area contributed by atoms with Crippen LogP contribution in [0, 0.1) is 23.7 Å². The van der Waals surface area contributed by atoms with Crippen molar-refractivity contribution in [1.82, 2.24) is 30.6 Å². The largest absolute Gasteiger partial charge is 0.490 e. The Labute approximate surface area is 508 Å². The third kappa shape index (κ3) is 29.4. The van der Waals surface area contributed by atoms with Crippen LogP contribution in [0.4, 0.5) is 4.39 Å². The summed E-state index contributed by atoms with van der Waals surface area (Å²) in [5, 5.41) is 23.6. The Bertz CT molecular complexity index is 2590. The zero-order chi connectivity index (χ0) is 64.2. The first-order chi connectivity index (χ1) is 41.1. The number of thiazole rings is 1. The predicted molar refractivity (Wildman–Crippen MR) is 340 cm³/mol. The van der Waals surface area contributed by atoms with Crippen molar-refractivity contribution in [2.24, 2.45) is 22.8 Å². The number of aromatic nitrogens is 2. The van der Waals surface area contributed by atoms with Crippen LogP contribution in [-0.4, -0.2) is 176 Å². The molecule has 85 heavy (non-hydrogen) atoms. The Hall–Kier alpha value is -6.63. The summed E-state index contributed by atoms with van der Waals surface area (Å²) in [5.41, 5.74) is 19.1. The highest BCUT2D eigenvalue weighted by Gasteiger charge is 2.30. The minimum absolute atomic E-state index is 0.0485. The maximum Gasteiger partial charge on any atom is 0.237 e. The number of carbonyl (C=O) groups is 5. The Balaban J connectivity index is 0.00000131. The van der Waals surface area contributed by atoms with Gasteiger partial charge in [0.25, 0.3) is 0 Å². The number of ether oxygens (including phenoxy) is 4. The summed E-state index contributed by atoms with van der Waals surface area (Å²) in [6.45, 7) is 26.9. The van der Waals surface area contributed by atoms with Crippen molar-refractivity contribution in [2.45, 2.75) is 105 Å². The lowest BCUT2D eigenvalue weighted by Crippen LogP contribution is -2.44. The zero-order valence-electron chi connectivity index (χ0n) is 52.0. The standard InChI is InChI=1S/C28H40N4O6S.C21H23N3O2.C8H17NO.C2H6.CH3F.CH3N.CH4O.CH2O/c1-21-27(39-20-30-21)23-8-6-22(7-9-23)24(31-28(35)25-5-3-11-32(25)2)19-26(34)29-10-14-37-16-18-38-17-15-36-13-4-12-33;1-14(22)15-6-7-20-19(13-15)21(26-23-20)16-4-3-5-18(12-16)25-17-8-10-24(2)11-9-17;1-8(2,3)7(6-10)4-5-9;5*1-2/h6-9,12,20,24-25H,3-5,10-11,13-19H2,1-2H3,(H,29,34)(H,31,35);3-7,12-13,17H,1,8-11,22H2,2H3;6-7H,4-5,9H2,1-3H3;1-2H3;1H3;2H,1H2;2H,1H3;1H2. The number of halogens is 1. The summed E-state index contributed by atoms with van der Waals surface area (Å²) >= 11 is 1.59. The molecule has 2 saturated heterocycles. The van der Waals surface area contributed by atoms with E-state index in [9.17, 15) is 23.6 Å². The summed E-state index contributed by atoms with van der Waals surface area (Å²) in [7, 11) is 5.61. The molecule has 0 saturated carbocycles. The molecule has 0 radical (unpaired) electrons. The van der Waals surface area contributed by atoms with E-state index >= 15 is 0 Å². The number of aryl methyl sites for hydroxylation is 1. The summed E-state index contributed by atoms with van der Waals surface area (Å²) in [4.78, 5) is 64.4. The first kappa shape index (κ1) is 78.4. The lowest BCUT2D eigenvalue weighted by atomic mass is 9.80. The third-order valence-corrected chi connectivity index (χ3v) is 14.2. The van der Waals surface area contributed by atoms with Crippen molar-refractivity contribution in [2.75, 3.05) is 101 Å². The van der Waals surface area contributed by atoms with Crippen LogP contribution in [-0.2, 0) is 38.2 Å². The molecular weight excluding hydrogens is 1110 g/mol. The molecule has 0 bridgehead atoms. The van der Waals surface area contributed by atoms with Gasteiger partial charge in [0, 0.05) is 50.3 Å². The zero-order valence-corrected chi connectivity index (χ0v) is 52.8. The number of hydrogen-bond donors (Lipinski definition) is 6. The van der Waals surface area contributed by atoms with Gasteiger partial charge in [-0.1, -0.05) is 88.8 Å². The van der Waals surface area contributed by atoms with E-state index in [4.69, 9.17) is 50.2 Å². The molecule has 7 rings (SSSR count). The summed E-state index contributed by atoms with van der Waals surface area (Å²) in [6, 6.07) is 21.1. The number of likely N-dealkylation sites (N-methyl/N-ethyl adjacent to an activating group) is 1. The van der Waals surface area contributed by atoms with E-state index in [2.05, 4.69) is 71.7 Å². The fraction of sp³-hybridized carbons (Fsp3) is 0.524. The van der Waals surface area contributed by atoms with E-state index in [1.165, 1.54) is 0 Å². The number of aldehydes is 2. The molecule has 2 fully saturated rings. The van der Waals surface area contributed by atoms with Crippen molar-refractivity contribution >= 4 is 65.8 Å². The van der Waals surface area contributed by atoms with Crippen LogP contribution in [0.5, 0.6) is 5.75 Å². The molecule has 22 heteroatoms. The molecule has 4 heterocycles. The van der Waals surface area contributed by atoms with Crippen LogP contribution in [0.25, 0.3) is 38.4 Å². The van der Waals surface area contributed by atoms with Crippen LogP contribution in [0.3, 0.4) is 0 Å². The topological polar surface area (TPSA) is 288 Å². The van der Waals surface area contributed by atoms with Crippen molar-refractivity contribution in [1.29, 1.82) is 5.41 Å². The number of amides is 2. The molecule has 3 atom stereocenters. The minimum Gasteiger partial charge on any atom is -0.490 e. The van der Waals surface area contributed by atoms with E-state index in [0.717, 1.165) is 127 Å². The number of nitrogens with two attached hydrogens (primary N) is 2. The number of likely N-dealkylation sites (tertiary alicyclic amines) is 2. The quantitative estimate of drug-likeness (QED) is 0.0181. The first-order valence-electron chi connectivity index (χ1n) is 28.5.